The summed E-state index contributed by atoms with van der Waals surface area (Å²) in [6, 6.07) is 10.5. The Bertz CT molecular complexity index is 1350. The average molecular weight is 454 g/mol. The number of piperidine rings is 2. The van der Waals surface area contributed by atoms with E-state index in [1.807, 2.05) is 31.3 Å². The minimum atomic E-state index is 0.166. The van der Waals surface area contributed by atoms with Crippen LogP contribution in [0.4, 0.5) is 5.82 Å². The molecule has 3 atom stereocenters. The molecule has 9 heteroatoms. The molecule has 2 saturated heterocycles. The van der Waals surface area contributed by atoms with Crippen molar-refractivity contribution >= 4 is 11.3 Å². The van der Waals surface area contributed by atoms with E-state index >= 15 is 0 Å². The highest BCUT2D eigenvalue weighted by Crippen LogP contribution is 2.43. The standard InChI is InChI=1S/C25H23N7O2/c1-2-33-20-9-21(23-19(10-26)12-30-32(23)15-20)16-4-5-22(29-11-16)31-13-17-8-18(14-31)24(17)34-25-27-6-3-7-28-25/h3-7,9,11-12,15,17-18,24H,2,8,13-14H2,1H3/t17-,18+,24+. The highest BCUT2D eigenvalue weighted by atomic mass is 16.5. The Morgan fingerprint density at radius 3 is 2.65 bits per heavy atom. The van der Waals surface area contributed by atoms with Gasteiger partial charge >= 0.3 is 6.01 Å². The molecule has 0 radical (unpaired) electrons. The van der Waals surface area contributed by atoms with Gasteiger partial charge in [-0.15, -0.1) is 0 Å². The molecule has 0 spiro atoms. The van der Waals surface area contributed by atoms with Crippen LogP contribution in [-0.2, 0) is 0 Å². The van der Waals surface area contributed by atoms with Crippen LogP contribution >= 0.6 is 0 Å². The Morgan fingerprint density at radius 1 is 1.12 bits per heavy atom. The van der Waals surface area contributed by atoms with Crippen LogP contribution < -0.4 is 14.4 Å². The molecule has 9 nitrogen and oxygen atoms in total. The first-order chi connectivity index (χ1) is 16.7. The number of aromatic nitrogens is 5. The number of nitriles is 1. The van der Waals surface area contributed by atoms with E-state index < -0.39 is 0 Å². The number of nitrogens with zero attached hydrogens (tertiary/aromatic N) is 7. The molecule has 2 aliphatic heterocycles. The smallest absolute Gasteiger partial charge is 0.316 e. The first-order valence-corrected chi connectivity index (χ1v) is 11.4. The van der Waals surface area contributed by atoms with Crippen LogP contribution in [0.2, 0.25) is 0 Å². The zero-order chi connectivity index (χ0) is 23.1. The summed E-state index contributed by atoms with van der Waals surface area (Å²) in [5.41, 5.74) is 3.06. The summed E-state index contributed by atoms with van der Waals surface area (Å²) < 4.78 is 13.5. The molecule has 6 heterocycles. The molecule has 7 rings (SSSR count). The lowest BCUT2D eigenvalue weighted by Gasteiger charge is -2.52. The van der Waals surface area contributed by atoms with Crippen LogP contribution in [-0.4, -0.2) is 50.4 Å². The molecule has 3 fully saturated rings. The lowest BCUT2D eigenvalue weighted by molar-refractivity contribution is -0.0396. The highest BCUT2D eigenvalue weighted by molar-refractivity contribution is 5.85. The van der Waals surface area contributed by atoms with E-state index in [2.05, 4.69) is 26.0 Å². The monoisotopic (exact) mass is 453 g/mol. The van der Waals surface area contributed by atoms with Crippen LogP contribution in [0.5, 0.6) is 11.8 Å². The van der Waals surface area contributed by atoms with E-state index in [0.717, 1.165) is 42.0 Å². The predicted molar refractivity (Wildman–Crippen MR) is 125 cm³/mol. The summed E-state index contributed by atoms with van der Waals surface area (Å²) >= 11 is 0. The number of fused-ring (bicyclic) bond motifs is 3. The molecule has 0 N–H and O–H groups in total. The molecular weight excluding hydrogens is 430 g/mol. The summed E-state index contributed by atoms with van der Waals surface area (Å²) in [5, 5.41) is 13.9. The number of rotatable bonds is 6. The Labute approximate surface area is 196 Å². The molecule has 4 aromatic heterocycles. The third-order valence-corrected chi connectivity index (χ3v) is 6.63. The van der Waals surface area contributed by atoms with Crippen LogP contribution in [0, 0.1) is 23.2 Å². The largest absolute Gasteiger partial charge is 0.492 e. The van der Waals surface area contributed by atoms with Crippen LogP contribution in [0.25, 0.3) is 16.6 Å². The third-order valence-electron chi connectivity index (χ3n) is 6.63. The average Bonchev–Trinajstić information content (AvgIpc) is 3.31. The van der Waals surface area contributed by atoms with Crippen molar-refractivity contribution in [1.82, 2.24) is 24.6 Å². The van der Waals surface area contributed by atoms with Gasteiger partial charge in [0.2, 0.25) is 0 Å². The lowest BCUT2D eigenvalue weighted by Crippen LogP contribution is -2.60. The molecule has 2 bridgehead atoms. The predicted octanol–water partition coefficient (Wildman–Crippen LogP) is 3.36. The summed E-state index contributed by atoms with van der Waals surface area (Å²) in [6.07, 6.45) is 9.97. The van der Waals surface area contributed by atoms with E-state index in [1.165, 1.54) is 0 Å². The topological polar surface area (TPSA) is 101 Å². The minimum absolute atomic E-state index is 0.166. The number of hydrogen-bond donors (Lipinski definition) is 0. The maximum absolute atomic E-state index is 9.55. The normalized spacial score (nSPS) is 21.1. The maximum atomic E-state index is 9.55. The van der Waals surface area contributed by atoms with Crippen LogP contribution in [0.15, 0.2) is 55.2 Å². The van der Waals surface area contributed by atoms with Crippen molar-refractivity contribution in [2.45, 2.75) is 19.4 Å². The van der Waals surface area contributed by atoms with E-state index in [4.69, 9.17) is 14.5 Å². The zero-order valence-electron chi connectivity index (χ0n) is 18.7. The fourth-order valence-corrected chi connectivity index (χ4v) is 5.07. The molecule has 170 valence electrons. The van der Waals surface area contributed by atoms with Crippen LogP contribution in [0.3, 0.4) is 0 Å². The molecule has 0 unspecified atom stereocenters. The number of anilines is 1. The van der Waals surface area contributed by atoms with Gasteiger partial charge in [-0.3, -0.25) is 0 Å². The highest BCUT2D eigenvalue weighted by Gasteiger charge is 2.49. The van der Waals surface area contributed by atoms with E-state index in [-0.39, 0.29) is 6.10 Å². The Hall–Kier alpha value is -4.19. The fourth-order valence-electron chi connectivity index (χ4n) is 5.07. The second-order valence-corrected chi connectivity index (χ2v) is 8.67. The summed E-state index contributed by atoms with van der Waals surface area (Å²) in [5.74, 6) is 2.53. The van der Waals surface area contributed by atoms with Crippen LogP contribution in [0.1, 0.15) is 18.9 Å². The van der Waals surface area contributed by atoms with E-state index in [9.17, 15) is 5.26 Å². The summed E-state index contributed by atoms with van der Waals surface area (Å²) in [4.78, 5) is 15.5. The van der Waals surface area contributed by atoms with E-state index in [0.29, 0.717) is 35.8 Å². The first kappa shape index (κ1) is 20.4. The molecule has 34 heavy (non-hydrogen) atoms. The zero-order valence-corrected chi connectivity index (χ0v) is 18.7. The van der Waals surface area contributed by atoms with Gasteiger partial charge in [0.05, 0.1) is 30.1 Å². The van der Waals surface area contributed by atoms with Gasteiger partial charge in [-0.25, -0.2) is 19.5 Å². The molecular formula is C25H23N7O2. The second-order valence-electron chi connectivity index (χ2n) is 8.67. The number of hydrogen-bond acceptors (Lipinski definition) is 8. The van der Waals surface area contributed by atoms with Gasteiger partial charge in [0, 0.05) is 54.6 Å². The van der Waals surface area contributed by atoms with Crippen molar-refractivity contribution in [2.75, 3.05) is 24.6 Å². The van der Waals surface area contributed by atoms with Crippen molar-refractivity contribution in [3.05, 3.63) is 60.8 Å². The van der Waals surface area contributed by atoms with Crippen molar-refractivity contribution in [3.8, 4) is 29.0 Å². The Balaban J connectivity index is 1.23. The Morgan fingerprint density at radius 2 is 1.94 bits per heavy atom. The molecule has 1 saturated carbocycles. The number of ether oxygens (including phenoxy) is 2. The van der Waals surface area contributed by atoms with Crippen molar-refractivity contribution < 1.29 is 9.47 Å². The third kappa shape index (κ3) is 3.48. The van der Waals surface area contributed by atoms with Gasteiger partial charge < -0.3 is 14.4 Å². The number of pyridine rings is 2. The Kier molecular flexibility index (Phi) is 4.99. The lowest BCUT2D eigenvalue weighted by atomic mass is 9.68. The molecule has 3 aliphatic rings. The summed E-state index contributed by atoms with van der Waals surface area (Å²) in [6.45, 7) is 4.28. The van der Waals surface area contributed by atoms with Gasteiger partial charge in [-0.1, -0.05) is 0 Å². The van der Waals surface area contributed by atoms with Gasteiger partial charge in [-0.2, -0.15) is 10.4 Å². The molecule has 0 aromatic carbocycles. The molecule has 4 aromatic rings. The summed E-state index contributed by atoms with van der Waals surface area (Å²) in [7, 11) is 0. The van der Waals surface area contributed by atoms with Crippen molar-refractivity contribution in [3.63, 3.8) is 0 Å². The van der Waals surface area contributed by atoms with Gasteiger partial charge in [0.25, 0.3) is 0 Å². The minimum Gasteiger partial charge on any atom is -0.492 e. The SMILES string of the molecule is CCOc1cc(-c2ccc(N3C[C@H]4C[C@@H](C3)[C@H]4Oc3ncccn3)nc2)c2c(C#N)cnn2c1. The van der Waals surface area contributed by atoms with E-state index in [1.54, 1.807) is 35.4 Å². The maximum Gasteiger partial charge on any atom is 0.316 e. The van der Waals surface area contributed by atoms with Crippen molar-refractivity contribution in [2.24, 2.45) is 11.8 Å². The molecule has 0 amide bonds. The van der Waals surface area contributed by atoms with Gasteiger partial charge in [0.15, 0.2) is 0 Å². The fraction of sp³-hybridized carbons (Fsp3) is 0.320. The van der Waals surface area contributed by atoms with Crippen molar-refractivity contribution in [1.29, 1.82) is 5.26 Å². The van der Waals surface area contributed by atoms with Gasteiger partial charge in [0.1, 0.15) is 23.7 Å². The first-order valence-electron chi connectivity index (χ1n) is 11.4. The molecule has 1 aliphatic carbocycles. The van der Waals surface area contributed by atoms with Gasteiger partial charge in [-0.05, 0) is 37.6 Å². The second kappa shape index (κ2) is 8.30. The quantitative estimate of drug-likeness (QED) is 0.438.